The quantitative estimate of drug-likeness (QED) is 0.906. The molecular formula is C12H12ClNOS. The van der Waals surface area contributed by atoms with Gasteiger partial charge in [-0.2, -0.15) is 11.3 Å². The van der Waals surface area contributed by atoms with Crippen molar-refractivity contribution in [2.24, 2.45) is 5.73 Å². The van der Waals surface area contributed by atoms with Crippen LogP contribution in [0.2, 0.25) is 5.02 Å². The average molecular weight is 254 g/mol. The van der Waals surface area contributed by atoms with Gasteiger partial charge in [0.05, 0.1) is 0 Å². The van der Waals surface area contributed by atoms with E-state index >= 15 is 0 Å². The molecule has 1 heterocycles. The summed E-state index contributed by atoms with van der Waals surface area (Å²) in [6.07, 6.45) is -0.0903. The van der Waals surface area contributed by atoms with Crippen LogP contribution in [0.4, 0.5) is 0 Å². The van der Waals surface area contributed by atoms with E-state index in [0.717, 1.165) is 11.3 Å². The average Bonchev–Trinajstić information content (AvgIpc) is 2.82. The minimum atomic E-state index is -0.0903. The summed E-state index contributed by atoms with van der Waals surface area (Å²) >= 11 is 7.44. The maximum atomic E-state index is 5.80. The number of nitrogens with two attached hydrogens (primary N) is 1. The highest BCUT2D eigenvalue weighted by Gasteiger charge is 2.11. The first-order chi connectivity index (χ1) is 7.79. The predicted octanol–water partition coefficient (Wildman–Crippen LogP) is 3.48. The molecule has 4 heteroatoms. The van der Waals surface area contributed by atoms with Gasteiger partial charge in [0.15, 0.2) is 0 Å². The third kappa shape index (κ3) is 2.76. The van der Waals surface area contributed by atoms with Gasteiger partial charge < -0.3 is 10.5 Å². The maximum absolute atomic E-state index is 5.80. The summed E-state index contributed by atoms with van der Waals surface area (Å²) in [6, 6.07) is 9.32. The number of halogens is 1. The molecule has 0 amide bonds. The van der Waals surface area contributed by atoms with Gasteiger partial charge in [0.1, 0.15) is 11.9 Å². The second-order valence-corrected chi connectivity index (χ2v) is 4.57. The molecular weight excluding hydrogens is 242 g/mol. The highest BCUT2D eigenvalue weighted by molar-refractivity contribution is 7.07. The summed E-state index contributed by atoms with van der Waals surface area (Å²) < 4.78 is 5.79. The molecule has 1 aromatic carbocycles. The van der Waals surface area contributed by atoms with Crippen LogP contribution in [0.25, 0.3) is 0 Å². The molecule has 2 N–H and O–H groups in total. The second-order valence-electron chi connectivity index (χ2n) is 3.35. The molecule has 2 rings (SSSR count). The number of hydrogen-bond donors (Lipinski definition) is 1. The van der Waals surface area contributed by atoms with Crippen molar-refractivity contribution in [3.05, 3.63) is 51.7 Å². The van der Waals surface area contributed by atoms with Crippen LogP contribution in [-0.2, 0) is 0 Å². The zero-order valence-corrected chi connectivity index (χ0v) is 10.2. The molecule has 0 bridgehead atoms. The van der Waals surface area contributed by atoms with Gasteiger partial charge >= 0.3 is 0 Å². The Bertz CT molecular complexity index is 427. The Labute approximate surface area is 104 Å². The van der Waals surface area contributed by atoms with Crippen molar-refractivity contribution in [2.75, 3.05) is 6.54 Å². The molecule has 0 spiro atoms. The lowest BCUT2D eigenvalue weighted by atomic mass is 10.2. The fourth-order valence-corrected chi connectivity index (χ4v) is 2.22. The highest BCUT2D eigenvalue weighted by atomic mass is 35.5. The Balaban J connectivity index is 2.10. The molecule has 2 nitrogen and oxygen atoms in total. The minimum Gasteiger partial charge on any atom is -0.484 e. The molecule has 1 unspecified atom stereocenters. The van der Waals surface area contributed by atoms with Crippen molar-refractivity contribution < 1.29 is 4.74 Å². The fourth-order valence-electron chi connectivity index (χ4n) is 1.39. The first kappa shape index (κ1) is 11.5. The number of rotatable bonds is 4. The largest absolute Gasteiger partial charge is 0.484 e. The van der Waals surface area contributed by atoms with Gasteiger partial charge in [0.25, 0.3) is 0 Å². The second kappa shape index (κ2) is 5.34. The molecule has 0 fully saturated rings. The Hall–Kier alpha value is -1.03. The van der Waals surface area contributed by atoms with Crippen LogP contribution < -0.4 is 10.5 Å². The molecule has 1 aromatic heterocycles. The summed E-state index contributed by atoms with van der Waals surface area (Å²) in [6.45, 7) is 0.458. The number of benzene rings is 1. The smallest absolute Gasteiger partial charge is 0.137 e. The summed E-state index contributed by atoms with van der Waals surface area (Å²) in [4.78, 5) is 0. The Morgan fingerprint density at radius 3 is 2.56 bits per heavy atom. The first-order valence-electron chi connectivity index (χ1n) is 4.94. The van der Waals surface area contributed by atoms with Gasteiger partial charge in [-0.15, -0.1) is 0 Å². The van der Waals surface area contributed by atoms with Crippen molar-refractivity contribution in [1.29, 1.82) is 0 Å². The molecule has 0 aliphatic heterocycles. The molecule has 0 saturated heterocycles. The van der Waals surface area contributed by atoms with E-state index in [1.54, 1.807) is 23.5 Å². The standard InChI is InChI=1S/C12H12ClNOS/c13-10-1-3-11(4-2-10)15-12(7-14)9-5-6-16-8-9/h1-6,8,12H,7,14H2. The van der Waals surface area contributed by atoms with Crippen LogP contribution in [-0.4, -0.2) is 6.54 Å². The lowest BCUT2D eigenvalue weighted by molar-refractivity contribution is 0.215. The SMILES string of the molecule is NCC(Oc1ccc(Cl)cc1)c1ccsc1. The van der Waals surface area contributed by atoms with Gasteiger partial charge in [-0.25, -0.2) is 0 Å². The van der Waals surface area contributed by atoms with Crippen molar-refractivity contribution in [3.63, 3.8) is 0 Å². The van der Waals surface area contributed by atoms with Gasteiger partial charge in [0.2, 0.25) is 0 Å². The molecule has 0 aliphatic rings. The molecule has 2 aromatic rings. The Morgan fingerprint density at radius 1 is 1.25 bits per heavy atom. The van der Waals surface area contributed by atoms with E-state index in [4.69, 9.17) is 22.1 Å². The van der Waals surface area contributed by atoms with Crippen LogP contribution in [0.15, 0.2) is 41.1 Å². The van der Waals surface area contributed by atoms with Crippen molar-refractivity contribution in [1.82, 2.24) is 0 Å². The highest BCUT2D eigenvalue weighted by Crippen LogP contribution is 2.24. The van der Waals surface area contributed by atoms with E-state index < -0.39 is 0 Å². The lowest BCUT2D eigenvalue weighted by Crippen LogP contribution is -2.17. The summed E-state index contributed by atoms with van der Waals surface area (Å²) in [5.41, 5.74) is 6.81. The van der Waals surface area contributed by atoms with Crippen molar-refractivity contribution in [3.8, 4) is 5.75 Å². The number of thiophene rings is 1. The zero-order chi connectivity index (χ0) is 11.4. The van der Waals surface area contributed by atoms with E-state index in [9.17, 15) is 0 Å². The summed E-state index contributed by atoms with van der Waals surface area (Å²) in [7, 11) is 0. The normalized spacial score (nSPS) is 12.4. The minimum absolute atomic E-state index is 0.0903. The van der Waals surface area contributed by atoms with Crippen LogP contribution in [0.3, 0.4) is 0 Å². The molecule has 0 aliphatic carbocycles. The maximum Gasteiger partial charge on any atom is 0.137 e. The fraction of sp³-hybridized carbons (Fsp3) is 0.167. The Kier molecular flexibility index (Phi) is 3.83. The van der Waals surface area contributed by atoms with Gasteiger partial charge in [0, 0.05) is 17.1 Å². The summed E-state index contributed by atoms with van der Waals surface area (Å²) in [5.74, 6) is 0.783. The molecule has 1 atom stereocenters. The predicted molar refractivity (Wildman–Crippen MR) is 68.2 cm³/mol. The van der Waals surface area contributed by atoms with E-state index in [1.807, 2.05) is 29.0 Å². The van der Waals surface area contributed by atoms with E-state index in [2.05, 4.69) is 0 Å². The van der Waals surface area contributed by atoms with Crippen molar-refractivity contribution >= 4 is 22.9 Å². The monoisotopic (exact) mass is 253 g/mol. The van der Waals surface area contributed by atoms with Crippen LogP contribution >= 0.6 is 22.9 Å². The number of hydrogen-bond acceptors (Lipinski definition) is 3. The molecule has 0 saturated carbocycles. The third-order valence-corrected chi connectivity index (χ3v) is 3.17. The van der Waals surface area contributed by atoms with Crippen LogP contribution in [0, 0.1) is 0 Å². The van der Waals surface area contributed by atoms with Crippen LogP contribution in [0.5, 0.6) is 5.75 Å². The lowest BCUT2D eigenvalue weighted by Gasteiger charge is -2.16. The van der Waals surface area contributed by atoms with Gasteiger partial charge in [-0.3, -0.25) is 0 Å². The van der Waals surface area contributed by atoms with E-state index in [-0.39, 0.29) is 6.10 Å². The first-order valence-corrected chi connectivity index (χ1v) is 6.26. The Morgan fingerprint density at radius 2 is 2.00 bits per heavy atom. The molecule has 16 heavy (non-hydrogen) atoms. The van der Waals surface area contributed by atoms with Gasteiger partial charge in [-0.1, -0.05) is 11.6 Å². The summed E-state index contributed by atoms with van der Waals surface area (Å²) in [5, 5.41) is 4.77. The molecule has 0 radical (unpaired) electrons. The number of ether oxygens (including phenoxy) is 1. The topological polar surface area (TPSA) is 35.2 Å². The third-order valence-electron chi connectivity index (χ3n) is 2.22. The van der Waals surface area contributed by atoms with Crippen LogP contribution in [0.1, 0.15) is 11.7 Å². The van der Waals surface area contributed by atoms with Gasteiger partial charge in [-0.05, 0) is 41.1 Å². The molecule has 84 valence electrons. The van der Waals surface area contributed by atoms with E-state index in [0.29, 0.717) is 11.6 Å². The zero-order valence-electron chi connectivity index (χ0n) is 8.60. The van der Waals surface area contributed by atoms with Crippen molar-refractivity contribution in [2.45, 2.75) is 6.10 Å². The van der Waals surface area contributed by atoms with E-state index in [1.165, 1.54) is 0 Å².